The number of carbonyl (C=O) groups excluding carboxylic acids is 2. The van der Waals surface area contributed by atoms with Gasteiger partial charge in [-0.15, -0.1) is 0 Å². The third-order valence-electron chi connectivity index (χ3n) is 8.64. The Morgan fingerprint density at radius 3 is 1.64 bits per heavy atom. The van der Waals surface area contributed by atoms with Crippen LogP contribution in [-0.2, 0) is 37.6 Å². The minimum absolute atomic E-state index is 0.0497. The molecule has 0 spiro atoms. The molecule has 2 amide bonds. The molecular weight excluding hydrogens is 717 g/mol. The predicted octanol–water partition coefficient (Wildman–Crippen LogP) is 7.39. The molecule has 12 nitrogen and oxygen atoms in total. The quantitative estimate of drug-likeness (QED) is 0.0359. The summed E-state index contributed by atoms with van der Waals surface area (Å²) in [6.45, 7) is 9.19. The van der Waals surface area contributed by atoms with Gasteiger partial charge in [0.25, 0.3) is 0 Å². The normalized spacial score (nSPS) is 13.8. The van der Waals surface area contributed by atoms with Gasteiger partial charge in [-0.1, -0.05) is 123 Å². The molecule has 0 aliphatic heterocycles. The number of hydrogen-bond donors (Lipinski definition) is 4. The zero-order valence-electron chi connectivity index (χ0n) is 33.9. The standard InChI is InChI=1S/C39H80N3O9PS/c1-4-6-8-10-12-14-16-18-20-22-25-50-33-36(42-38(43)23-21-19-17-15-13-11-9-7-5-2)34-53-35-37(40)39(44)41-24-26-47-27-28-48-29-30-49-31-32-51-52(3,45)46/h36-37H,4-35,40H2,1-3H3,(H,41,44)(H,42,43)(H,45,46)/t36-,37+/m1/s1. The summed E-state index contributed by atoms with van der Waals surface area (Å²) in [6, 6.07) is -0.787. The molecular formula is C39H80N3O9PS. The number of unbranched alkanes of at least 4 members (excludes halogenated alkanes) is 17. The first kappa shape index (κ1) is 52.2. The van der Waals surface area contributed by atoms with Crippen molar-refractivity contribution in [2.75, 3.05) is 84.2 Å². The molecule has 316 valence electrons. The van der Waals surface area contributed by atoms with Crippen molar-refractivity contribution in [3.05, 3.63) is 0 Å². The summed E-state index contributed by atoms with van der Waals surface area (Å²) < 4.78 is 37.9. The van der Waals surface area contributed by atoms with Crippen molar-refractivity contribution in [3.8, 4) is 0 Å². The van der Waals surface area contributed by atoms with Crippen molar-refractivity contribution < 1.29 is 42.5 Å². The number of ether oxygens (including phenoxy) is 4. The fourth-order valence-electron chi connectivity index (χ4n) is 5.54. The van der Waals surface area contributed by atoms with Crippen LogP contribution in [0.15, 0.2) is 0 Å². The molecule has 0 saturated carbocycles. The van der Waals surface area contributed by atoms with Gasteiger partial charge in [-0.05, 0) is 12.8 Å². The molecule has 1 unspecified atom stereocenters. The monoisotopic (exact) mass is 798 g/mol. The average Bonchev–Trinajstić information content (AvgIpc) is 3.12. The fourth-order valence-corrected chi connectivity index (χ4v) is 6.96. The van der Waals surface area contributed by atoms with Crippen LogP contribution in [0, 0.1) is 0 Å². The van der Waals surface area contributed by atoms with Crippen molar-refractivity contribution in [1.82, 2.24) is 10.6 Å². The van der Waals surface area contributed by atoms with Crippen molar-refractivity contribution >= 4 is 31.2 Å². The Balaban J connectivity index is 4.23. The zero-order valence-corrected chi connectivity index (χ0v) is 35.6. The van der Waals surface area contributed by atoms with E-state index in [1.807, 2.05) is 0 Å². The molecule has 0 fully saturated rings. The van der Waals surface area contributed by atoms with Crippen LogP contribution >= 0.6 is 19.4 Å². The van der Waals surface area contributed by atoms with E-state index < -0.39 is 13.6 Å². The Bertz CT molecular complexity index is 872. The van der Waals surface area contributed by atoms with E-state index in [1.54, 1.807) is 11.8 Å². The Kier molecular flexibility index (Phi) is 38.9. The summed E-state index contributed by atoms with van der Waals surface area (Å²) >= 11 is 1.56. The third kappa shape index (κ3) is 40.7. The Morgan fingerprint density at radius 1 is 0.642 bits per heavy atom. The SMILES string of the molecule is CCCCCCCCCCCCOC[C@H](CSC[C@H](N)C(=O)NCCOCCOCCOCCOP(C)(=O)O)NC(=O)CCCCCCCCCCC. The number of thioether (sulfide) groups is 1. The maximum atomic E-state index is 12.8. The van der Waals surface area contributed by atoms with Gasteiger partial charge >= 0.3 is 7.60 Å². The van der Waals surface area contributed by atoms with E-state index in [0.29, 0.717) is 70.7 Å². The number of nitrogens with one attached hydrogen (secondary N) is 2. The molecule has 0 aromatic rings. The molecule has 0 rings (SSSR count). The van der Waals surface area contributed by atoms with Crippen molar-refractivity contribution in [2.45, 2.75) is 154 Å². The number of rotatable bonds is 42. The van der Waals surface area contributed by atoms with E-state index in [2.05, 4.69) is 24.5 Å². The first-order valence-electron chi connectivity index (χ1n) is 20.9. The summed E-state index contributed by atoms with van der Waals surface area (Å²) in [5.74, 6) is 0.909. The summed E-state index contributed by atoms with van der Waals surface area (Å²) in [6.07, 6.45) is 24.3. The van der Waals surface area contributed by atoms with Crippen LogP contribution in [0.3, 0.4) is 0 Å². The number of nitrogens with two attached hydrogens (primary N) is 1. The molecule has 53 heavy (non-hydrogen) atoms. The van der Waals surface area contributed by atoms with Gasteiger partial charge in [0, 0.05) is 37.7 Å². The van der Waals surface area contributed by atoms with Gasteiger partial charge in [-0.25, -0.2) is 0 Å². The maximum absolute atomic E-state index is 12.8. The van der Waals surface area contributed by atoms with Gasteiger partial charge < -0.3 is 44.7 Å². The molecule has 0 bridgehead atoms. The van der Waals surface area contributed by atoms with Crippen LogP contribution in [0.2, 0.25) is 0 Å². The third-order valence-corrected chi connectivity index (χ3v) is 10.5. The maximum Gasteiger partial charge on any atom is 0.325 e. The molecule has 0 radical (unpaired) electrons. The molecule has 14 heteroatoms. The topological polar surface area (TPSA) is 168 Å². The largest absolute Gasteiger partial charge is 0.379 e. The lowest BCUT2D eigenvalue weighted by Gasteiger charge is -2.20. The van der Waals surface area contributed by atoms with E-state index >= 15 is 0 Å². The van der Waals surface area contributed by atoms with Crippen LogP contribution in [0.4, 0.5) is 0 Å². The number of hydrogen-bond acceptors (Lipinski definition) is 10. The van der Waals surface area contributed by atoms with Gasteiger partial charge in [-0.3, -0.25) is 14.2 Å². The van der Waals surface area contributed by atoms with Gasteiger partial charge in [-0.2, -0.15) is 11.8 Å². The van der Waals surface area contributed by atoms with Gasteiger partial charge in [0.2, 0.25) is 11.8 Å². The second-order valence-electron chi connectivity index (χ2n) is 14.0. The highest BCUT2D eigenvalue weighted by Crippen LogP contribution is 2.35. The second-order valence-corrected chi connectivity index (χ2v) is 16.9. The smallest absolute Gasteiger partial charge is 0.325 e. The van der Waals surface area contributed by atoms with E-state index in [-0.39, 0.29) is 31.1 Å². The lowest BCUT2D eigenvalue weighted by Crippen LogP contribution is -2.44. The van der Waals surface area contributed by atoms with Crippen molar-refractivity contribution in [3.63, 3.8) is 0 Å². The highest BCUT2D eigenvalue weighted by Gasteiger charge is 2.17. The van der Waals surface area contributed by atoms with Gasteiger partial charge in [0.15, 0.2) is 0 Å². The van der Waals surface area contributed by atoms with Crippen LogP contribution in [0.1, 0.15) is 142 Å². The lowest BCUT2D eigenvalue weighted by atomic mass is 10.1. The minimum Gasteiger partial charge on any atom is -0.379 e. The molecule has 0 saturated heterocycles. The van der Waals surface area contributed by atoms with E-state index in [0.717, 1.165) is 25.9 Å². The van der Waals surface area contributed by atoms with Crippen LogP contribution in [-0.4, -0.2) is 113 Å². The molecule has 0 aromatic heterocycles. The van der Waals surface area contributed by atoms with E-state index in [9.17, 15) is 14.2 Å². The number of amides is 2. The predicted molar refractivity (Wildman–Crippen MR) is 219 cm³/mol. The summed E-state index contributed by atoms with van der Waals surface area (Å²) in [5.41, 5.74) is 6.17. The number of carbonyl (C=O) groups is 2. The van der Waals surface area contributed by atoms with Crippen LogP contribution < -0.4 is 16.4 Å². The van der Waals surface area contributed by atoms with Crippen molar-refractivity contribution in [2.24, 2.45) is 5.73 Å². The minimum atomic E-state index is -3.47. The van der Waals surface area contributed by atoms with Gasteiger partial charge in [0.1, 0.15) is 0 Å². The molecule has 3 atom stereocenters. The first-order chi connectivity index (χ1) is 25.7. The molecule has 5 N–H and O–H groups in total. The van der Waals surface area contributed by atoms with E-state index in [4.69, 9.17) is 34.1 Å². The Morgan fingerprint density at radius 2 is 1.11 bits per heavy atom. The highest BCUT2D eigenvalue weighted by atomic mass is 32.2. The van der Waals surface area contributed by atoms with Crippen LogP contribution in [0.5, 0.6) is 0 Å². The Hall–Kier alpha value is -0.760. The zero-order chi connectivity index (χ0) is 39.1. The molecule has 0 aliphatic carbocycles. The summed E-state index contributed by atoms with van der Waals surface area (Å²) in [5, 5.41) is 6.00. The summed E-state index contributed by atoms with van der Waals surface area (Å²) in [4.78, 5) is 34.3. The first-order valence-corrected chi connectivity index (χ1v) is 24.0. The average molecular weight is 798 g/mol. The van der Waals surface area contributed by atoms with Gasteiger partial charge in [0.05, 0.1) is 64.9 Å². The van der Waals surface area contributed by atoms with Crippen molar-refractivity contribution in [1.29, 1.82) is 0 Å². The van der Waals surface area contributed by atoms with E-state index in [1.165, 1.54) is 103 Å². The molecule has 0 aliphatic rings. The lowest BCUT2D eigenvalue weighted by molar-refractivity contribution is -0.123. The fraction of sp³-hybridized carbons (Fsp3) is 0.949. The highest BCUT2D eigenvalue weighted by molar-refractivity contribution is 7.99. The Labute approximate surface area is 327 Å². The second kappa shape index (κ2) is 39.5. The summed E-state index contributed by atoms with van der Waals surface area (Å²) in [7, 11) is -3.47. The molecule has 0 aromatic carbocycles. The molecule has 0 heterocycles. The van der Waals surface area contributed by atoms with Crippen LogP contribution in [0.25, 0.3) is 0 Å².